The number of methoxy groups -OCH3 is 1. The minimum Gasteiger partial charge on any atom is -0.394 e. The Kier molecular flexibility index (Phi) is 3.57. The van der Waals surface area contributed by atoms with Gasteiger partial charge in [-0.3, -0.25) is 0 Å². The Morgan fingerprint density at radius 2 is 2.00 bits per heavy atom. The van der Waals surface area contributed by atoms with E-state index >= 15 is 0 Å². The van der Waals surface area contributed by atoms with Crippen LogP contribution in [0.2, 0.25) is 0 Å². The molecule has 1 aliphatic heterocycles. The highest BCUT2D eigenvalue weighted by atomic mass is 19.1. The molecule has 0 aromatic carbocycles. The van der Waals surface area contributed by atoms with E-state index in [0.717, 1.165) is 0 Å². The van der Waals surface area contributed by atoms with Gasteiger partial charge in [0.2, 0.25) is 0 Å². The third-order valence-corrected chi connectivity index (χ3v) is 2.03. The molecule has 0 amide bonds. The summed E-state index contributed by atoms with van der Waals surface area (Å²) in [6.45, 7) is -0.520. The molecule has 3 N–H and O–H groups in total. The van der Waals surface area contributed by atoms with Crippen LogP contribution in [0.5, 0.6) is 0 Å². The van der Waals surface area contributed by atoms with Gasteiger partial charge in [-0.05, 0) is 0 Å². The summed E-state index contributed by atoms with van der Waals surface area (Å²) in [5, 5.41) is 27.0. The van der Waals surface area contributed by atoms with Crippen molar-refractivity contribution in [2.45, 2.75) is 30.8 Å². The first-order valence-electron chi connectivity index (χ1n) is 3.91. The third-order valence-electron chi connectivity index (χ3n) is 2.03. The second-order valence-corrected chi connectivity index (χ2v) is 2.89. The van der Waals surface area contributed by atoms with Crippen molar-refractivity contribution < 1.29 is 29.2 Å². The lowest BCUT2D eigenvalue weighted by atomic mass is 10.0. The fourth-order valence-electron chi connectivity index (χ4n) is 1.24. The molecule has 1 aliphatic rings. The Morgan fingerprint density at radius 3 is 2.46 bits per heavy atom. The lowest BCUT2D eigenvalue weighted by molar-refractivity contribution is -0.283. The fraction of sp³-hybridized carbons (Fsp3) is 1.00. The quantitative estimate of drug-likeness (QED) is 0.496. The smallest absolute Gasteiger partial charge is 0.186 e. The molecule has 1 heterocycles. The Hall–Kier alpha value is -0.270. The number of rotatable bonds is 2. The Bertz CT molecular complexity index is 147. The van der Waals surface area contributed by atoms with Crippen LogP contribution in [0.1, 0.15) is 0 Å². The maximum absolute atomic E-state index is 13.1. The molecule has 5 nitrogen and oxygen atoms in total. The van der Waals surface area contributed by atoms with Gasteiger partial charge in [0.25, 0.3) is 0 Å². The van der Waals surface area contributed by atoms with E-state index in [2.05, 4.69) is 4.74 Å². The Morgan fingerprint density at radius 1 is 1.38 bits per heavy atom. The number of aliphatic hydroxyl groups excluding tert-OH is 3. The monoisotopic (exact) mass is 196 g/mol. The summed E-state index contributed by atoms with van der Waals surface area (Å²) in [4.78, 5) is 0. The summed E-state index contributed by atoms with van der Waals surface area (Å²) in [7, 11) is 1.24. The molecule has 1 fully saturated rings. The molecular weight excluding hydrogens is 183 g/mol. The van der Waals surface area contributed by atoms with E-state index in [1.807, 2.05) is 0 Å². The van der Waals surface area contributed by atoms with Crippen molar-refractivity contribution in [3.05, 3.63) is 0 Å². The van der Waals surface area contributed by atoms with Crippen molar-refractivity contribution in [3.63, 3.8) is 0 Å². The highest BCUT2D eigenvalue weighted by Crippen LogP contribution is 2.23. The SMILES string of the molecule is CO[C@H]1O[C@H](CO)[C@@H](O)[C@H](F)[C@H]1O. The van der Waals surface area contributed by atoms with Crippen molar-refractivity contribution in [2.75, 3.05) is 13.7 Å². The largest absolute Gasteiger partial charge is 0.394 e. The average molecular weight is 196 g/mol. The number of hydrogen-bond acceptors (Lipinski definition) is 5. The molecule has 0 aliphatic carbocycles. The van der Waals surface area contributed by atoms with Gasteiger partial charge in [0, 0.05) is 7.11 Å². The van der Waals surface area contributed by atoms with Crippen molar-refractivity contribution in [2.24, 2.45) is 0 Å². The van der Waals surface area contributed by atoms with E-state index < -0.39 is 37.4 Å². The number of ether oxygens (including phenoxy) is 2. The van der Waals surface area contributed by atoms with Crippen LogP contribution in [0.4, 0.5) is 4.39 Å². The van der Waals surface area contributed by atoms with E-state index in [1.165, 1.54) is 7.11 Å². The molecule has 0 aromatic heterocycles. The van der Waals surface area contributed by atoms with Gasteiger partial charge in [0.15, 0.2) is 12.5 Å². The minimum absolute atomic E-state index is 0.520. The summed E-state index contributed by atoms with van der Waals surface area (Å²) in [6.07, 6.45) is -7.11. The Labute approximate surface area is 74.7 Å². The molecule has 1 saturated heterocycles. The zero-order valence-electron chi connectivity index (χ0n) is 7.13. The summed E-state index contributed by atoms with van der Waals surface area (Å²) in [5.41, 5.74) is 0. The first-order chi connectivity index (χ1) is 6.11. The van der Waals surface area contributed by atoms with E-state index in [9.17, 15) is 4.39 Å². The molecule has 0 saturated carbocycles. The summed E-state index contributed by atoms with van der Waals surface area (Å²) < 4.78 is 22.6. The van der Waals surface area contributed by atoms with Crippen LogP contribution in [-0.2, 0) is 9.47 Å². The van der Waals surface area contributed by atoms with Crippen LogP contribution >= 0.6 is 0 Å². The molecule has 0 unspecified atom stereocenters. The highest BCUT2D eigenvalue weighted by Gasteiger charge is 2.44. The average Bonchev–Trinajstić information content (AvgIpc) is 2.15. The van der Waals surface area contributed by atoms with E-state index in [-0.39, 0.29) is 0 Å². The van der Waals surface area contributed by atoms with Crippen molar-refractivity contribution >= 4 is 0 Å². The maximum atomic E-state index is 13.1. The topological polar surface area (TPSA) is 79.2 Å². The molecule has 5 atom stereocenters. The summed E-state index contributed by atoms with van der Waals surface area (Å²) in [5.74, 6) is 0. The molecule has 78 valence electrons. The van der Waals surface area contributed by atoms with Crippen LogP contribution in [0.25, 0.3) is 0 Å². The van der Waals surface area contributed by atoms with Crippen LogP contribution in [0.3, 0.4) is 0 Å². The van der Waals surface area contributed by atoms with E-state index in [1.54, 1.807) is 0 Å². The standard InChI is InChI=1S/C7H13FO5/c1-12-7-6(11)4(8)5(10)3(2-9)13-7/h3-7,9-11H,2H2,1H3/t3-,4+,5-,6-,7+/m1/s1. The van der Waals surface area contributed by atoms with Crippen molar-refractivity contribution in [1.82, 2.24) is 0 Å². The first kappa shape index (κ1) is 10.8. The van der Waals surface area contributed by atoms with Gasteiger partial charge in [-0.15, -0.1) is 0 Å². The number of halogens is 1. The molecule has 0 radical (unpaired) electrons. The molecule has 0 bridgehead atoms. The zero-order chi connectivity index (χ0) is 10.0. The van der Waals surface area contributed by atoms with Gasteiger partial charge in [-0.25, -0.2) is 4.39 Å². The highest BCUT2D eigenvalue weighted by molar-refractivity contribution is 4.88. The van der Waals surface area contributed by atoms with Crippen molar-refractivity contribution in [3.8, 4) is 0 Å². The van der Waals surface area contributed by atoms with Gasteiger partial charge < -0.3 is 24.8 Å². The number of hydrogen-bond donors (Lipinski definition) is 3. The summed E-state index contributed by atoms with van der Waals surface area (Å²) in [6, 6.07) is 0. The summed E-state index contributed by atoms with van der Waals surface area (Å²) >= 11 is 0. The first-order valence-corrected chi connectivity index (χ1v) is 3.91. The predicted octanol–water partition coefficient (Wildman–Crippen LogP) is -1.59. The minimum atomic E-state index is -1.86. The van der Waals surface area contributed by atoms with E-state index in [4.69, 9.17) is 20.1 Å². The van der Waals surface area contributed by atoms with Gasteiger partial charge in [-0.1, -0.05) is 0 Å². The third kappa shape index (κ3) is 1.97. The van der Waals surface area contributed by atoms with Gasteiger partial charge in [0.05, 0.1) is 6.61 Å². The number of alkyl halides is 1. The fourth-order valence-corrected chi connectivity index (χ4v) is 1.24. The normalized spacial score (nSPS) is 46.4. The van der Waals surface area contributed by atoms with Crippen LogP contribution in [0, 0.1) is 0 Å². The second-order valence-electron chi connectivity index (χ2n) is 2.89. The lowest BCUT2D eigenvalue weighted by Crippen LogP contribution is -2.57. The predicted molar refractivity (Wildman–Crippen MR) is 39.7 cm³/mol. The lowest BCUT2D eigenvalue weighted by Gasteiger charge is -2.37. The van der Waals surface area contributed by atoms with Crippen LogP contribution in [-0.4, -0.2) is 59.8 Å². The van der Waals surface area contributed by atoms with Crippen molar-refractivity contribution in [1.29, 1.82) is 0 Å². The van der Waals surface area contributed by atoms with Gasteiger partial charge in [-0.2, -0.15) is 0 Å². The van der Waals surface area contributed by atoms with Gasteiger partial charge >= 0.3 is 0 Å². The molecule has 1 rings (SSSR count). The van der Waals surface area contributed by atoms with Gasteiger partial charge in [0.1, 0.15) is 18.3 Å². The molecule has 6 heteroatoms. The second kappa shape index (κ2) is 4.30. The molecule has 0 spiro atoms. The maximum Gasteiger partial charge on any atom is 0.186 e. The van der Waals surface area contributed by atoms with Crippen LogP contribution in [0.15, 0.2) is 0 Å². The zero-order valence-corrected chi connectivity index (χ0v) is 7.13. The number of aliphatic hydroxyl groups is 3. The van der Waals surface area contributed by atoms with E-state index in [0.29, 0.717) is 0 Å². The van der Waals surface area contributed by atoms with Crippen LogP contribution < -0.4 is 0 Å². The Balaban J connectivity index is 2.66. The molecular formula is C7H13FO5. The molecule has 0 aromatic rings. The molecule has 13 heavy (non-hydrogen) atoms.